The fourth-order valence-electron chi connectivity index (χ4n) is 2.19. The zero-order valence-electron chi connectivity index (χ0n) is 12.0. The highest BCUT2D eigenvalue weighted by molar-refractivity contribution is 4.93. The third-order valence-electron chi connectivity index (χ3n) is 3.57. The fourth-order valence-corrected chi connectivity index (χ4v) is 2.19. The second kappa shape index (κ2) is 5.37. The van der Waals surface area contributed by atoms with Crippen molar-refractivity contribution in [3.05, 3.63) is 11.4 Å². The average molecular weight is 237 g/mol. The van der Waals surface area contributed by atoms with Gasteiger partial charge in [-0.15, -0.1) is 0 Å². The Morgan fingerprint density at radius 2 is 1.71 bits per heavy atom. The molecule has 0 amide bonds. The quantitative estimate of drug-likeness (QED) is 0.761. The number of hydrogen-bond donors (Lipinski definition) is 1. The van der Waals surface area contributed by atoms with Crippen LogP contribution in [0, 0.1) is 6.57 Å². The van der Waals surface area contributed by atoms with Gasteiger partial charge in [-0.2, -0.15) is 0 Å². The topological polar surface area (TPSA) is 19.6 Å². The Labute approximate surface area is 106 Å². The van der Waals surface area contributed by atoms with E-state index in [-0.39, 0.29) is 5.54 Å². The largest absolute Gasteiger partial charge is 0.310 e. The van der Waals surface area contributed by atoms with Crippen LogP contribution in [-0.2, 0) is 0 Å². The van der Waals surface area contributed by atoms with Gasteiger partial charge in [0.1, 0.15) is 0 Å². The van der Waals surface area contributed by atoms with Crippen molar-refractivity contribution in [3.8, 4) is 0 Å². The van der Waals surface area contributed by atoms with E-state index < -0.39 is 0 Å². The maximum Gasteiger partial charge on any atom is 0.239 e. The lowest BCUT2D eigenvalue weighted by Gasteiger charge is -2.41. The minimum atomic E-state index is -0.263. The Morgan fingerprint density at radius 1 is 1.18 bits per heavy atom. The number of nitrogens with zero attached hydrogens (tertiary/aromatic N) is 2. The first-order chi connectivity index (χ1) is 7.74. The molecular formula is C14H27N3. The Hall–Kier alpha value is -0.590. The van der Waals surface area contributed by atoms with Gasteiger partial charge in [0.25, 0.3) is 0 Å². The van der Waals surface area contributed by atoms with E-state index in [9.17, 15) is 0 Å². The molecule has 0 atom stereocenters. The molecule has 0 aromatic heterocycles. The maximum absolute atomic E-state index is 7.11. The van der Waals surface area contributed by atoms with Gasteiger partial charge in [0, 0.05) is 38.5 Å². The second-order valence-corrected chi connectivity index (χ2v) is 6.74. The SMILES string of the molecule is [C-]#[N+]C(C)(C)CNC1CCN(C(C)(C)C)CC1. The predicted molar refractivity (Wildman–Crippen MR) is 73.0 cm³/mol. The van der Waals surface area contributed by atoms with E-state index in [0.717, 1.165) is 6.54 Å². The van der Waals surface area contributed by atoms with Crippen LogP contribution in [0.3, 0.4) is 0 Å². The van der Waals surface area contributed by atoms with Gasteiger partial charge in [0.2, 0.25) is 5.54 Å². The molecule has 0 aromatic carbocycles. The van der Waals surface area contributed by atoms with Gasteiger partial charge < -0.3 is 10.2 Å². The van der Waals surface area contributed by atoms with Crippen molar-refractivity contribution >= 4 is 0 Å². The first kappa shape index (κ1) is 14.5. The highest BCUT2D eigenvalue weighted by Gasteiger charge is 2.29. The van der Waals surface area contributed by atoms with Crippen molar-refractivity contribution in [1.82, 2.24) is 10.2 Å². The Balaban J connectivity index is 2.32. The normalized spacial score (nSPS) is 20.2. The van der Waals surface area contributed by atoms with Crippen molar-refractivity contribution in [3.63, 3.8) is 0 Å². The summed E-state index contributed by atoms with van der Waals surface area (Å²) in [5.74, 6) is 0. The predicted octanol–water partition coefficient (Wildman–Crippen LogP) is 2.54. The zero-order valence-corrected chi connectivity index (χ0v) is 12.0. The molecule has 0 aliphatic carbocycles. The van der Waals surface area contributed by atoms with Crippen molar-refractivity contribution in [2.24, 2.45) is 0 Å². The van der Waals surface area contributed by atoms with Gasteiger partial charge in [0.15, 0.2) is 0 Å². The van der Waals surface area contributed by atoms with Crippen LogP contribution in [0.2, 0.25) is 0 Å². The lowest BCUT2D eigenvalue weighted by atomic mass is 9.97. The molecular weight excluding hydrogens is 210 g/mol. The molecule has 1 rings (SSSR count). The van der Waals surface area contributed by atoms with E-state index in [0.29, 0.717) is 11.6 Å². The molecule has 3 heteroatoms. The van der Waals surface area contributed by atoms with Crippen LogP contribution >= 0.6 is 0 Å². The van der Waals surface area contributed by atoms with E-state index in [1.807, 2.05) is 13.8 Å². The number of nitrogens with one attached hydrogen (secondary N) is 1. The Bertz CT molecular complexity index is 275. The number of rotatable bonds is 3. The van der Waals surface area contributed by atoms with Crippen LogP contribution in [0.5, 0.6) is 0 Å². The zero-order chi connectivity index (χ0) is 13.1. The molecule has 0 radical (unpaired) electrons. The summed E-state index contributed by atoms with van der Waals surface area (Å²) in [7, 11) is 0. The van der Waals surface area contributed by atoms with Gasteiger partial charge in [-0.3, -0.25) is 4.90 Å². The van der Waals surface area contributed by atoms with Crippen LogP contribution in [0.25, 0.3) is 4.85 Å². The first-order valence-electron chi connectivity index (χ1n) is 6.62. The third-order valence-corrected chi connectivity index (χ3v) is 3.57. The number of piperidine rings is 1. The minimum Gasteiger partial charge on any atom is -0.310 e. The molecule has 0 unspecified atom stereocenters. The molecule has 0 bridgehead atoms. The molecule has 1 saturated heterocycles. The average Bonchev–Trinajstić information content (AvgIpc) is 2.26. The van der Waals surface area contributed by atoms with E-state index in [1.54, 1.807) is 0 Å². The number of hydrogen-bond acceptors (Lipinski definition) is 2. The summed E-state index contributed by atoms with van der Waals surface area (Å²) in [5, 5.41) is 3.54. The standard InChI is InChI=1S/C14H27N3/c1-13(2,3)17-9-7-12(8-10-17)16-11-14(4,5)15-6/h12,16H,7-11H2,1-5H3. The molecule has 0 saturated carbocycles. The summed E-state index contributed by atoms with van der Waals surface area (Å²) in [4.78, 5) is 6.18. The molecule has 1 aliphatic heterocycles. The van der Waals surface area contributed by atoms with Crippen LogP contribution in [0.1, 0.15) is 47.5 Å². The van der Waals surface area contributed by atoms with Gasteiger partial charge in [-0.05, 0) is 33.6 Å². The van der Waals surface area contributed by atoms with E-state index in [1.165, 1.54) is 25.9 Å². The summed E-state index contributed by atoms with van der Waals surface area (Å²) in [6.45, 7) is 21.1. The lowest BCUT2D eigenvalue weighted by molar-refractivity contribution is 0.0957. The Kier molecular flexibility index (Phi) is 4.57. The molecule has 1 fully saturated rings. The van der Waals surface area contributed by atoms with Crippen LogP contribution in [-0.4, -0.2) is 41.7 Å². The summed E-state index contributed by atoms with van der Waals surface area (Å²) < 4.78 is 0. The molecule has 1 heterocycles. The van der Waals surface area contributed by atoms with E-state index in [4.69, 9.17) is 6.57 Å². The van der Waals surface area contributed by atoms with Crippen molar-refractivity contribution in [1.29, 1.82) is 0 Å². The summed E-state index contributed by atoms with van der Waals surface area (Å²) in [5.41, 5.74) is 0.0297. The third kappa shape index (κ3) is 4.65. The molecule has 0 aromatic rings. The van der Waals surface area contributed by atoms with Gasteiger partial charge in [0.05, 0.1) is 6.54 Å². The number of likely N-dealkylation sites (tertiary alicyclic amines) is 1. The van der Waals surface area contributed by atoms with Gasteiger partial charge in [-0.1, -0.05) is 0 Å². The van der Waals surface area contributed by atoms with Crippen LogP contribution in [0.4, 0.5) is 0 Å². The van der Waals surface area contributed by atoms with Crippen LogP contribution < -0.4 is 5.32 Å². The second-order valence-electron chi connectivity index (χ2n) is 6.74. The minimum absolute atomic E-state index is 0.263. The maximum atomic E-state index is 7.11. The van der Waals surface area contributed by atoms with E-state index in [2.05, 4.69) is 35.8 Å². The Morgan fingerprint density at radius 3 is 2.12 bits per heavy atom. The summed E-state index contributed by atoms with van der Waals surface area (Å²) in [6.07, 6.45) is 2.40. The first-order valence-corrected chi connectivity index (χ1v) is 6.62. The van der Waals surface area contributed by atoms with Crippen molar-refractivity contribution < 1.29 is 0 Å². The molecule has 1 aliphatic rings. The molecule has 98 valence electrons. The van der Waals surface area contributed by atoms with Crippen LogP contribution in [0.15, 0.2) is 0 Å². The highest BCUT2D eigenvalue weighted by atomic mass is 15.2. The summed E-state index contributed by atoms with van der Waals surface area (Å²) in [6, 6.07) is 0.592. The monoisotopic (exact) mass is 237 g/mol. The lowest BCUT2D eigenvalue weighted by Crippen LogP contribution is -2.51. The summed E-state index contributed by atoms with van der Waals surface area (Å²) >= 11 is 0. The molecule has 0 spiro atoms. The molecule has 17 heavy (non-hydrogen) atoms. The smallest absolute Gasteiger partial charge is 0.239 e. The van der Waals surface area contributed by atoms with E-state index >= 15 is 0 Å². The van der Waals surface area contributed by atoms with Crippen molar-refractivity contribution in [2.45, 2.75) is 64.6 Å². The van der Waals surface area contributed by atoms with Crippen molar-refractivity contribution in [2.75, 3.05) is 19.6 Å². The molecule has 1 N–H and O–H groups in total. The van der Waals surface area contributed by atoms with Gasteiger partial charge >= 0.3 is 0 Å². The van der Waals surface area contributed by atoms with Gasteiger partial charge in [-0.25, -0.2) is 6.57 Å². The molecule has 3 nitrogen and oxygen atoms in total. The highest BCUT2D eigenvalue weighted by Crippen LogP contribution is 2.20. The fraction of sp³-hybridized carbons (Fsp3) is 0.929.